The second-order valence-corrected chi connectivity index (χ2v) is 19.2. The van der Waals surface area contributed by atoms with Crippen LogP contribution in [0.2, 0.25) is 8.87 Å². The van der Waals surface area contributed by atoms with E-state index in [2.05, 4.69) is 44.2 Å². The van der Waals surface area contributed by atoms with Crippen molar-refractivity contribution >= 4 is 29.8 Å². The molecule has 14 heavy (non-hydrogen) atoms. The number of rotatable bonds is 5. The van der Waals surface area contributed by atoms with Crippen LogP contribution in [0.3, 0.4) is 0 Å². The second-order valence-electron chi connectivity index (χ2n) is 3.79. The molecule has 0 saturated carbocycles. The van der Waals surface area contributed by atoms with Crippen LogP contribution in [0.4, 0.5) is 0 Å². The molecule has 0 saturated heterocycles. The first-order chi connectivity index (χ1) is 6.73. The van der Waals surface area contributed by atoms with Gasteiger partial charge in [-0.1, -0.05) is 0 Å². The quantitative estimate of drug-likeness (QED) is 0.723. The summed E-state index contributed by atoms with van der Waals surface area (Å²) in [5, 5.41) is 0. The summed E-state index contributed by atoms with van der Waals surface area (Å²) in [4.78, 5) is 0. The van der Waals surface area contributed by atoms with E-state index in [1.807, 2.05) is 0 Å². The van der Waals surface area contributed by atoms with Crippen LogP contribution in [0, 0.1) is 0 Å². The third-order valence-corrected chi connectivity index (χ3v) is 17.7. The van der Waals surface area contributed by atoms with Crippen LogP contribution in [-0.4, -0.2) is 17.3 Å². The van der Waals surface area contributed by atoms with Crippen molar-refractivity contribution in [1.82, 2.24) is 0 Å². The molecule has 0 radical (unpaired) electrons. The van der Waals surface area contributed by atoms with E-state index in [1.54, 1.807) is 0 Å². The van der Waals surface area contributed by atoms with E-state index in [4.69, 9.17) is 8.92 Å². The Balaban J connectivity index is 2.79. The predicted molar refractivity (Wildman–Crippen MR) is 67.9 cm³/mol. The van der Waals surface area contributed by atoms with Crippen molar-refractivity contribution in [2.45, 2.75) is 35.6 Å². The number of hydrogen-bond donors (Lipinski definition) is 0. The van der Waals surface area contributed by atoms with Crippen molar-refractivity contribution in [2.24, 2.45) is 0 Å². The average Bonchev–Trinajstić information content (AvgIpc) is 2.27. The topological polar surface area (TPSA) is 0 Å². The van der Waals surface area contributed by atoms with Crippen LogP contribution >= 0.6 is 8.92 Å². The Bertz CT molecular complexity index is 260. The molecule has 0 fully saturated rings. The molecule has 0 aliphatic rings. The minimum atomic E-state index is -2.42. The maximum absolute atomic E-state index is 6.84. The molecule has 1 aromatic rings. The van der Waals surface area contributed by atoms with Gasteiger partial charge in [-0.05, 0) is 0 Å². The zero-order valence-corrected chi connectivity index (χ0v) is 12.7. The molecule has 0 aromatic heterocycles. The van der Waals surface area contributed by atoms with E-state index in [0.717, 1.165) is 0 Å². The molecule has 0 aliphatic heterocycles. The molecule has 0 N–H and O–H groups in total. The first kappa shape index (κ1) is 12.4. The molecule has 1 rings (SSSR count). The van der Waals surface area contributed by atoms with Gasteiger partial charge in [0, 0.05) is 0 Å². The molecule has 1 atom stereocenters. The van der Waals surface area contributed by atoms with Crippen LogP contribution in [0.25, 0.3) is 0 Å². The summed E-state index contributed by atoms with van der Waals surface area (Å²) in [6, 6.07) is 10.8. The molecular weight excluding hydrogens is 298 g/mol. The van der Waals surface area contributed by atoms with Gasteiger partial charge in [-0.3, -0.25) is 0 Å². The molecule has 1 unspecified atom stereocenters. The average molecular weight is 317 g/mol. The van der Waals surface area contributed by atoms with Gasteiger partial charge in [0.15, 0.2) is 0 Å². The third-order valence-electron chi connectivity index (χ3n) is 2.78. The van der Waals surface area contributed by atoms with Crippen molar-refractivity contribution in [3.8, 4) is 0 Å². The Labute approximate surface area is 95.3 Å². The Hall–Kier alpha value is 0.309. The Kier molecular flexibility index (Phi) is 5.32. The Morgan fingerprint density at radius 1 is 1.14 bits per heavy atom. The van der Waals surface area contributed by atoms with Crippen LogP contribution < -0.4 is 3.58 Å². The second kappa shape index (κ2) is 6.02. The van der Waals surface area contributed by atoms with Gasteiger partial charge in [-0.15, -0.1) is 0 Å². The van der Waals surface area contributed by atoms with Gasteiger partial charge < -0.3 is 0 Å². The summed E-state index contributed by atoms with van der Waals surface area (Å²) < 4.78 is 3.97. The molecule has 0 heterocycles. The van der Waals surface area contributed by atoms with Crippen molar-refractivity contribution in [3.63, 3.8) is 0 Å². The van der Waals surface area contributed by atoms with Gasteiger partial charge in [0.25, 0.3) is 0 Å². The van der Waals surface area contributed by atoms with Gasteiger partial charge >= 0.3 is 95.6 Å². The van der Waals surface area contributed by atoms with E-state index in [1.165, 1.54) is 25.3 Å². The summed E-state index contributed by atoms with van der Waals surface area (Å²) in [5.74, 6) is 0. The molecule has 0 aliphatic carbocycles. The summed E-state index contributed by atoms with van der Waals surface area (Å²) in [6.45, 7) is 4.50. The standard InChI is InChI=1S/C6H5.C4H9.C2H5.ClH.Sn/c1-2-4-6-5-3-1;1-3-4-2;1-2;;/h1-5H;1,3-4H2,2H3;1H2,2H3;1H;/q;;;;+1/p-1. The Morgan fingerprint density at radius 2 is 1.79 bits per heavy atom. The maximum atomic E-state index is 6.84. The van der Waals surface area contributed by atoms with E-state index in [-0.39, 0.29) is 0 Å². The fraction of sp³-hybridized carbons (Fsp3) is 0.500. The SMILES string of the molecule is CCC[CH2][Sn]([Cl])([CH2]C)[c]1ccccc1. The van der Waals surface area contributed by atoms with Crippen molar-refractivity contribution in [2.75, 3.05) is 0 Å². The van der Waals surface area contributed by atoms with Gasteiger partial charge in [0.05, 0.1) is 0 Å². The zero-order valence-electron chi connectivity index (χ0n) is 9.09. The Morgan fingerprint density at radius 3 is 2.29 bits per heavy atom. The summed E-state index contributed by atoms with van der Waals surface area (Å²) in [5.41, 5.74) is 0. The molecule has 0 spiro atoms. The third kappa shape index (κ3) is 3.16. The monoisotopic (exact) mass is 318 g/mol. The van der Waals surface area contributed by atoms with E-state index in [9.17, 15) is 0 Å². The van der Waals surface area contributed by atoms with Gasteiger partial charge in [-0.2, -0.15) is 0 Å². The molecular formula is C12H19ClSn. The number of benzene rings is 1. The van der Waals surface area contributed by atoms with Gasteiger partial charge in [0.2, 0.25) is 0 Å². The normalized spacial score (nSPS) is 15.1. The van der Waals surface area contributed by atoms with Crippen LogP contribution in [0.1, 0.15) is 26.7 Å². The number of unbranched alkanes of at least 4 members (excludes halogenated alkanes) is 1. The fourth-order valence-corrected chi connectivity index (χ4v) is 11.3. The molecule has 0 amide bonds. The summed E-state index contributed by atoms with van der Waals surface area (Å²) in [7, 11) is 6.84. The molecule has 2 heteroatoms. The summed E-state index contributed by atoms with van der Waals surface area (Å²) in [6.07, 6.45) is 2.56. The molecule has 1 aromatic carbocycles. The van der Waals surface area contributed by atoms with E-state index < -0.39 is 17.3 Å². The first-order valence-corrected chi connectivity index (χ1v) is 14.5. The van der Waals surface area contributed by atoms with E-state index >= 15 is 0 Å². The molecule has 0 nitrogen and oxygen atoms in total. The fourth-order valence-electron chi connectivity index (χ4n) is 1.72. The van der Waals surface area contributed by atoms with Crippen LogP contribution in [-0.2, 0) is 0 Å². The zero-order chi connectivity index (χ0) is 10.4. The molecule has 0 bridgehead atoms. The van der Waals surface area contributed by atoms with Crippen LogP contribution in [0.15, 0.2) is 30.3 Å². The van der Waals surface area contributed by atoms with E-state index in [0.29, 0.717) is 0 Å². The van der Waals surface area contributed by atoms with Crippen molar-refractivity contribution in [3.05, 3.63) is 30.3 Å². The van der Waals surface area contributed by atoms with Gasteiger partial charge in [0.1, 0.15) is 0 Å². The predicted octanol–water partition coefficient (Wildman–Crippen LogP) is 3.90. The summed E-state index contributed by atoms with van der Waals surface area (Å²) >= 11 is -2.42. The number of hydrogen-bond acceptors (Lipinski definition) is 0. The number of halogens is 1. The molecule has 78 valence electrons. The minimum absolute atomic E-state index is 1.21. The first-order valence-electron chi connectivity index (χ1n) is 5.47. The van der Waals surface area contributed by atoms with Crippen molar-refractivity contribution in [1.29, 1.82) is 0 Å². The van der Waals surface area contributed by atoms with Crippen molar-refractivity contribution < 1.29 is 0 Å². The van der Waals surface area contributed by atoms with Gasteiger partial charge in [-0.25, -0.2) is 0 Å². The van der Waals surface area contributed by atoms with Crippen LogP contribution in [0.5, 0.6) is 0 Å².